The number of nitrogens with two attached hydrogens (primary N) is 1. The lowest BCUT2D eigenvalue weighted by Gasteiger charge is -2.11. The Balaban J connectivity index is 2.23. The van der Waals surface area contributed by atoms with Crippen LogP contribution >= 0.6 is 28.1 Å². The Labute approximate surface area is 128 Å². The Bertz CT molecular complexity index is 664. The van der Waals surface area contributed by atoms with Crippen molar-refractivity contribution in [3.8, 4) is 5.75 Å². The molecule has 0 aliphatic carbocycles. The van der Waals surface area contributed by atoms with Crippen LogP contribution in [0, 0.1) is 11.6 Å². The second-order valence-electron chi connectivity index (χ2n) is 4.01. The molecule has 104 valence electrons. The fraction of sp³-hybridized carbons (Fsp3) is 0.0714. The lowest BCUT2D eigenvalue weighted by Crippen LogP contribution is -2.12. The molecule has 0 radical (unpaired) electrons. The van der Waals surface area contributed by atoms with Crippen LogP contribution in [0.2, 0.25) is 0 Å². The summed E-state index contributed by atoms with van der Waals surface area (Å²) in [6, 6.07) is 9.05. The Kier molecular flexibility index (Phi) is 4.67. The van der Waals surface area contributed by atoms with Gasteiger partial charge >= 0.3 is 0 Å². The molecular formula is C14H10BrF2NOS. The zero-order valence-electron chi connectivity index (χ0n) is 10.2. The summed E-state index contributed by atoms with van der Waals surface area (Å²) < 4.78 is 32.9. The van der Waals surface area contributed by atoms with Crippen molar-refractivity contribution in [2.75, 3.05) is 0 Å². The van der Waals surface area contributed by atoms with Crippen molar-refractivity contribution in [2.24, 2.45) is 5.73 Å². The normalized spacial score (nSPS) is 10.3. The highest BCUT2D eigenvalue weighted by atomic mass is 79.9. The summed E-state index contributed by atoms with van der Waals surface area (Å²) in [6.45, 7) is -0.110. The Morgan fingerprint density at radius 2 is 2.00 bits per heavy atom. The molecule has 20 heavy (non-hydrogen) atoms. The van der Waals surface area contributed by atoms with Crippen molar-refractivity contribution in [2.45, 2.75) is 6.61 Å². The molecule has 2 aromatic carbocycles. The molecule has 0 saturated heterocycles. The van der Waals surface area contributed by atoms with Crippen molar-refractivity contribution in [1.29, 1.82) is 0 Å². The predicted octanol–water partition coefficient (Wildman–Crippen LogP) is 3.94. The minimum absolute atomic E-state index is 0.110. The summed E-state index contributed by atoms with van der Waals surface area (Å²) in [6.07, 6.45) is 0. The molecule has 0 amide bonds. The molecule has 0 atom stereocenters. The van der Waals surface area contributed by atoms with Crippen LogP contribution in [0.4, 0.5) is 8.78 Å². The van der Waals surface area contributed by atoms with Gasteiger partial charge in [-0.25, -0.2) is 8.78 Å². The molecule has 2 aromatic rings. The summed E-state index contributed by atoms with van der Waals surface area (Å²) in [4.78, 5) is 0.168. The maximum atomic E-state index is 13.5. The van der Waals surface area contributed by atoms with Crippen LogP contribution in [-0.2, 0) is 6.61 Å². The van der Waals surface area contributed by atoms with E-state index in [0.29, 0.717) is 11.3 Å². The van der Waals surface area contributed by atoms with Gasteiger partial charge in [-0.3, -0.25) is 0 Å². The molecule has 0 fully saturated rings. The van der Waals surface area contributed by atoms with Gasteiger partial charge in [0, 0.05) is 10.0 Å². The first-order valence-corrected chi connectivity index (χ1v) is 6.84. The van der Waals surface area contributed by atoms with E-state index in [9.17, 15) is 8.78 Å². The van der Waals surface area contributed by atoms with Gasteiger partial charge in [0.2, 0.25) is 0 Å². The Morgan fingerprint density at radius 3 is 2.70 bits per heavy atom. The fourth-order valence-electron chi connectivity index (χ4n) is 1.64. The van der Waals surface area contributed by atoms with E-state index < -0.39 is 11.6 Å². The topological polar surface area (TPSA) is 35.2 Å². The largest absolute Gasteiger partial charge is 0.488 e. The van der Waals surface area contributed by atoms with E-state index >= 15 is 0 Å². The molecule has 0 bridgehead atoms. The minimum atomic E-state index is -0.915. The molecular weight excluding hydrogens is 348 g/mol. The van der Waals surface area contributed by atoms with Crippen LogP contribution in [0.25, 0.3) is 0 Å². The summed E-state index contributed by atoms with van der Waals surface area (Å²) >= 11 is 8.23. The number of rotatable bonds is 4. The molecule has 0 unspecified atom stereocenters. The van der Waals surface area contributed by atoms with Gasteiger partial charge in [0.1, 0.15) is 17.3 Å². The highest BCUT2D eigenvalue weighted by Gasteiger charge is 2.11. The van der Waals surface area contributed by atoms with Crippen molar-refractivity contribution in [3.05, 3.63) is 63.6 Å². The Morgan fingerprint density at radius 1 is 1.25 bits per heavy atom. The van der Waals surface area contributed by atoms with Crippen molar-refractivity contribution in [1.82, 2.24) is 0 Å². The van der Waals surface area contributed by atoms with E-state index in [4.69, 9.17) is 22.7 Å². The molecule has 2 rings (SSSR count). The Hall–Kier alpha value is -1.53. The number of thiocarbonyl (C=S) groups is 1. The molecule has 2 nitrogen and oxygen atoms in total. The first kappa shape index (κ1) is 14.9. The fourth-order valence-corrected chi connectivity index (χ4v) is 2.16. The van der Waals surface area contributed by atoms with Crippen LogP contribution in [0.3, 0.4) is 0 Å². The van der Waals surface area contributed by atoms with E-state index in [0.717, 1.165) is 10.5 Å². The van der Waals surface area contributed by atoms with E-state index in [2.05, 4.69) is 15.9 Å². The monoisotopic (exact) mass is 357 g/mol. The lowest BCUT2D eigenvalue weighted by molar-refractivity contribution is 0.296. The molecule has 6 heteroatoms. The molecule has 0 heterocycles. The van der Waals surface area contributed by atoms with Gasteiger partial charge in [0.05, 0.1) is 5.56 Å². The lowest BCUT2D eigenvalue weighted by atomic mass is 10.2. The predicted molar refractivity (Wildman–Crippen MR) is 80.7 cm³/mol. The number of halogens is 3. The van der Waals surface area contributed by atoms with Gasteiger partial charge in [-0.15, -0.1) is 0 Å². The average Bonchev–Trinajstić information content (AvgIpc) is 2.41. The van der Waals surface area contributed by atoms with E-state index in [-0.39, 0.29) is 17.2 Å². The van der Waals surface area contributed by atoms with Crippen molar-refractivity contribution < 1.29 is 13.5 Å². The third-order valence-corrected chi connectivity index (χ3v) is 3.33. The maximum absolute atomic E-state index is 13.5. The average molecular weight is 358 g/mol. The molecule has 0 aliphatic rings. The van der Waals surface area contributed by atoms with E-state index in [1.165, 1.54) is 12.1 Å². The molecule has 0 saturated carbocycles. The van der Waals surface area contributed by atoms with Crippen LogP contribution in [0.15, 0.2) is 40.9 Å². The van der Waals surface area contributed by atoms with Gasteiger partial charge < -0.3 is 10.5 Å². The first-order chi connectivity index (χ1) is 9.49. The van der Waals surface area contributed by atoms with Crippen molar-refractivity contribution >= 4 is 33.1 Å². The number of hydrogen-bond donors (Lipinski definition) is 1. The van der Waals surface area contributed by atoms with Crippen LogP contribution < -0.4 is 10.5 Å². The zero-order chi connectivity index (χ0) is 14.7. The van der Waals surface area contributed by atoms with Crippen molar-refractivity contribution in [3.63, 3.8) is 0 Å². The molecule has 2 N–H and O–H groups in total. The van der Waals surface area contributed by atoms with Crippen LogP contribution in [-0.4, -0.2) is 4.99 Å². The van der Waals surface area contributed by atoms with Crippen LogP contribution in [0.5, 0.6) is 5.75 Å². The first-order valence-electron chi connectivity index (χ1n) is 5.64. The molecule has 0 aromatic heterocycles. The van der Waals surface area contributed by atoms with E-state index in [1.54, 1.807) is 18.2 Å². The second kappa shape index (κ2) is 6.28. The molecule has 0 spiro atoms. The summed E-state index contributed by atoms with van der Waals surface area (Å²) in [7, 11) is 0. The van der Waals surface area contributed by atoms with Gasteiger partial charge in [-0.2, -0.15) is 0 Å². The number of benzene rings is 2. The summed E-state index contributed by atoms with van der Waals surface area (Å²) in [5.74, 6) is -1.40. The highest BCUT2D eigenvalue weighted by Crippen LogP contribution is 2.24. The van der Waals surface area contributed by atoms with Crippen LogP contribution in [0.1, 0.15) is 11.1 Å². The van der Waals surface area contributed by atoms with Gasteiger partial charge in [-0.05, 0) is 24.3 Å². The standard InChI is InChI=1S/C14H10BrF2NOS/c15-9-4-5-12(10(6-9)14(18)20)19-7-8-2-1-3-11(16)13(8)17/h1-6H,7H2,(H2,18,20). The summed E-state index contributed by atoms with van der Waals surface area (Å²) in [5.41, 5.74) is 6.26. The van der Waals surface area contributed by atoms with Gasteiger partial charge in [0.25, 0.3) is 0 Å². The molecule has 0 aliphatic heterocycles. The van der Waals surface area contributed by atoms with E-state index in [1.807, 2.05) is 0 Å². The third-order valence-electron chi connectivity index (χ3n) is 2.62. The van der Waals surface area contributed by atoms with Gasteiger partial charge in [0.15, 0.2) is 11.6 Å². The third kappa shape index (κ3) is 3.32. The SMILES string of the molecule is NC(=S)c1cc(Br)ccc1OCc1cccc(F)c1F. The highest BCUT2D eigenvalue weighted by molar-refractivity contribution is 9.10. The summed E-state index contributed by atoms with van der Waals surface area (Å²) in [5, 5.41) is 0. The maximum Gasteiger partial charge on any atom is 0.165 e. The van der Waals surface area contributed by atoms with Gasteiger partial charge in [-0.1, -0.05) is 40.3 Å². The quantitative estimate of drug-likeness (QED) is 0.841. The number of ether oxygens (including phenoxy) is 1. The number of hydrogen-bond acceptors (Lipinski definition) is 2. The minimum Gasteiger partial charge on any atom is -0.488 e. The zero-order valence-corrected chi connectivity index (χ0v) is 12.6. The smallest absolute Gasteiger partial charge is 0.165 e. The second-order valence-corrected chi connectivity index (χ2v) is 5.36.